The van der Waals surface area contributed by atoms with Crippen LogP contribution in [0.25, 0.3) is 82.8 Å². The Bertz CT molecular complexity index is 3330. The third-order valence-corrected chi connectivity index (χ3v) is 11.8. The lowest BCUT2D eigenvalue weighted by molar-refractivity contribution is 1.19. The molecule has 0 aliphatic heterocycles. The number of aromatic nitrogens is 1. The fraction of sp³-hybridized carbons (Fsp3) is 0.0492. The summed E-state index contributed by atoms with van der Waals surface area (Å²) in [7, 11) is 0. The maximum Gasteiger partial charge on any atom is 0.115 e. The molecule has 308 valence electrons. The lowest BCUT2D eigenvalue weighted by Crippen LogP contribution is -1.94. The van der Waals surface area contributed by atoms with Crippen molar-refractivity contribution in [3.8, 4) is 50.2 Å². The second kappa shape index (κ2) is 18.9. The van der Waals surface area contributed by atoms with Gasteiger partial charge in [-0.15, -0.1) is 4.91 Å². The van der Waals surface area contributed by atoms with Crippen LogP contribution in [0.4, 0.5) is 5.69 Å². The number of nitrogens with zero attached hydrogens (tertiary/aromatic N) is 2. The van der Waals surface area contributed by atoms with Crippen molar-refractivity contribution in [1.29, 1.82) is 0 Å². The normalized spacial score (nSPS) is 10.8. The number of para-hydroxylation sites is 2. The van der Waals surface area contributed by atoms with Crippen molar-refractivity contribution < 1.29 is 0 Å². The van der Waals surface area contributed by atoms with Crippen molar-refractivity contribution in [3.63, 3.8) is 0 Å². The van der Waals surface area contributed by atoms with Crippen LogP contribution in [0.3, 0.4) is 0 Å². The summed E-state index contributed by atoms with van der Waals surface area (Å²) in [5.41, 5.74) is 17.3. The minimum atomic E-state index is 0.471. The molecule has 1 heterocycles. The number of nitroso groups, excluding NO2 is 1. The monoisotopic (exact) mass is 824 g/mol. The van der Waals surface area contributed by atoms with Crippen LogP contribution in [0, 0.1) is 25.7 Å². The molecule has 0 aliphatic rings. The van der Waals surface area contributed by atoms with Gasteiger partial charge in [0.15, 0.2) is 0 Å². The van der Waals surface area contributed by atoms with Gasteiger partial charge in [-0.25, -0.2) is 0 Å². The Morgan fingerprint density at radius 2 is 0.797 bits per heavy atom. The number of benzene rings is 10. The second-order valence-corrected chi connectivity index (χ2v) is 16.2. The first-order chi connectivity index (χ1) is 31.4. The minimum absolute atomic E-state index is 0.471. The zero-order chi connectivity index (χ0) is 43.8. The van der Waals surface area contributed by atoms with Crippen molar-refractivity contribution in [2.24, 2.45) is 5.18 Å². The fourth-order valence-corrected chi connectivity index (χ4v) is 8.43. The highest BCUT2D eigenvalue weighted by molar-refractivity contribution is 6.22. The molecule has 0 unspecified atom stereocenters. The molecule has 0 N–H and O–H groups in total. The molecule has 11 aromatic rings. The molecular formula is C61H48N2O. The average Bonchev–Trinajstić information content (AvgIpc) is 3.70. The molecule has 0 spiro atoms. The molecule has 0 saturated carbocycles. The third kappa shape index (κ3) is 8.79. The largest absolute Gasteiger partial charge is 0.309 e. The summed E-state index contributed by atoms with van der Waals surface area (Å²) in [5.74, 6) is 0. The molecule has 3 heteroatoms. The summed E-state index contributed by atoms with van der Waals surface area (Å²) in [5, 5.41) is 8.26. The van der Waals surface area contributed by atoms with Gasteiger partial charge in [-0.2, -0.15) is 0 Å². The summed E-state index contributed by atoms with van der Waals surface area (Å²) in [6.45, 7) is 6.32. The smallest absolute Gasteiger partial charge is 0.115 e. The highest BCUT2D eigenvalue weighted by Gasteiger charge is 2.17. The van der Waals surface area contributed by atoms with Gasteiger partial charge in [0.1, 0.15) is 5.69 Å². The Labute approximate surface area is 375 Å². The van der Waals surface area contributed by atoms with Crippen LogP contribution in [0.2, 0.25) is 0 Å². The molecule has 0 amide bonds. The van der Waals surface area contributed by atoms with Crippen LogP contribution in [0.15, 0.2) is 242 Å². The predicted octanol–water partition coefficient (Wildman–Crippen LogP) is 17.3. The predicted molar refractivity (Wildman–Crippen MR) is 273 cm³/mol. The highest BCUT2D eigenvalue weighted by atomic mass is 16.3. The van der Waals surface area contributed by atoms with E-state index in [1.165, 1.54) is 82.8 Å². The van der Waals surface area contributed by atoms with Crippen molar-refractivity contribution in [1.82, 2.24) is 4.57 Å². The van der Waals surface area contributed by atoms with Crippen LogP contribution in [0.1, 0.15) is 16.7 Å². The van der Waals surface area contributed by atoms with E-state index in [1.807, 2.05) is 36.4 Å². The molecular weight excluding hydrogens is 777 g/mol. The van der Waals surface area contributed by atoms with Crippen LogP contribution in [-0.4, -0.2) is 4.57 Å². The first-order valence-corrected chi connectivity index (χ1v) is 21.7. The van der Waals surface area contributed by atoms with Gasteiger partial charge in [0, 0.05) is 27.4 Å². The molecule has 3 nitrogen and oxygen atoms in total. The Hall–Kier alpha value is -8.14. The van der Waals surface area contributed by atoms with Gasteiger partial charge in [0.05, 0.1) is 11.0 Å². The molecule has 1 aromatic heterocycles. The van der Waals surface area contributed by atoms with E-state index in [0.29, 0.717) is 5.69 Å². The summed E-state index contributed by atoms with van der Waals surface area (Å²) in [6, 6.07) is 82.5. The fourth-order valence-electron chi connectivity index (χ4n) is 8.43. The Morgan fingerprint density at radius 3 is 1.44 bits per heavy atom. The molecule has 0 radical (unpaired) electrons. The Morgan fingerprint density at radius 1 is 0.328 bits per heavy atom. The number of aryl methyl sites for hydroxylation is 3. The van der Waals surface area contributed by atoms with Crippen LogP contribution in [0.5, 0.6) is 0 Å². The van der Waals surface area contributed by atoms with Crippen LogP contribution in [-0.2, 0) is 0 Å². The third-order valence-electron chi connectivity index (χ3n) is 11.8. The van der Waals surface area contributed by atoms with Crippen molar-refractivity contribution in [3.05, 3.63) is 258 Å². The van der Waals surface area contributed by atoms with E-state index in [4.69, 9.17) is 0 Å². The SMILES string of the molecule is Cc1ccc(-c2cc3c4ccccc4n(-c4ccccc4)c3c3ccccc23)cc1.Cc1ccc(-c2cccc(-c3ccccc3N=O)c2)cc1.Cc1ccc(-c2ccccc2)cc1. The van der Waals surface area contributed by atoms with Gasteiger partial charge in [-0.05, 0) is 107 Å². The Balaban J connectivity index is 0.000000132. The average molecular weight is 825 g/mol. The number of fused-ring (bicyclic) bond motifs is 5. The van der Waals surface area contributed by atoms with E-state index in [-0.39, 0.29) is 0 Å². The zero-order valence-corrected chi connectivity index (χ0v) is 36.3. The van der Waals surface area contributed by atoms with Crippen molar-refractivity contribution in [2.75, 3.05) is 0 Å². The van der Waals surface area contributed by atoms with E-state index in [9.17, 15) is 4.91 Å². The standard InChI is InChI=1S/C29H21N.C19H15NO.C13H12/c1-20-15-17-21(18-16-20)26-19-27-24-12-7-8-14-28(24)30(22-9-3-2-4-10-22)29(27)25-13-6-5-11-23(25)26;1-14-9-11-15(12-10-14)16-5-4-6-17(13-16)18-7-2-3-8-19(18)20-21;1-11-7-9-13(10-8-11)12-5-3-2-4-6-12/h2-19H,1H3;2-13H,1H3;2-10H,1H3. The van der Waals surface area contributed by atoms with Crippen molar-refractivity contribution >= 4 is 38.3 Å². The summed E-state index contributed by atoms with van der Waals surface area (Å²) < 4.78 is 2.41. The topological polar surface area (TPSA) is 34.4 Å². The highest BCUT2D eigenvalue weighted by Crippen LogP contribution is 2.41. The first kappa shape index (κ1) is 41.2. The molecule has 0 aliphatic carbocycles. The van der Waals surface area contributed by atoms with Crippen molar-refractivity contribution in [2.45, 2.75) is 20.8 Å². The van der Waals surface area contributed by atoms with E-state index < -0.39 is 0 Å². The maximum atomic E-state index is 10.9. The summed E-state index contributed by atoms with van der Waals surface area (Å²) in [4.78, 5) is 10.9. The van der Waals surface area contributed by atoms with Gasteiger partial charge < -0.3 is 4.57 Å². The summed E-state index contributed by atoms with van der Waals surface area (Å²) in [6.07, 6.45) is 0. The molecule has 64 heavy (non-hydrogen) atoms. The van der Waals surface area contributed by atoms with Crippen LogP contribution < -0.4 is 0 Å². The van der Waals surface area contributed by atoms with Gasteiger partial charge in [0.2, 0.25) is 0 Å². The van der Waals surface area contributed by atoms with E-state index in [0.717, 1.165) is 16.7 Å². The molecule has 0 bridgehead atoms. The molecule has 10 aromatic carbocycles. The molecule has 0 saturated heterocycles. The van der Waals surface area contributed by atoms with E-state index in [2.05, 4.69) is 225 Å². The lowest BCUT2D eigenvalue weighted by Gasteiger charge is -2.13. The number of hydrogen-bond donors (Lipinski definition) is 0. The van der Waals surface area contributed by atoms with Gasteiger partial charge >= 0.3 is 0 Å². The second-order valence-electron chi connectivity index (χ2n) is 16.2. The van der Waals surface area contributed by atoms with Gasteiger partial charge in [-0.1, -0.05) is 217 Å². The first-order valence-electron chi connectivity index (χ1n) is 21.7. The lowest BCUT2D eigenvalue weighted by atomic mass is 9.95. The van der Waals surface area contributed by atoms with Crippen LogP contribution >= 0.6 is 0 Å². The van der Waals surface area contributed by atoms with Gasteiger partial charge in [0.25, 0.3) is 0 Å². The molecule has 0 atom stereocenters. The van der Waals surface area contributed by atoms with E-state index >= 15 is 0 Å². The quantitative estimate of drug-likeness (QED) is 0.154. The zero-order valence-electron chi connectivity index (χ0n) is 36.3. The number of hydrogen-bond acceptors (Lipinski definition) is 2. The molecule has 11 rings (SSSR count). The van der Waals surface area contributed by atoms with Gasteiger partial charge in [-0.3, -0.25) is 0 Å². The maximum absolute atomic E-state index is 10.9. The minimum Gasteiger partial charge on any atom is -0.309 e. The van der Waals surface area contributed by atoms with E-state index in [1.54, 1.807) is 6.07 Å². The Kier molecular flexibility index (Phi) is 12.1. The summed E-state index contributed by atoms with van der Waals surface area (Å²) >= 11 is 0. The number of rotatable bonds is 6. The molecule has 0 fully saturated rings.